The number of aryl methyl sites for hydroxylation is 2. The van der Waals surface area contributed by atoms with Gasteiger partial charge in [0.1, 0.15) is 5.60 Å². The minimum atomic E-state index is -0.654. The molecule has 0 saturated heterocycles. The Morgan fingerprint density at radius 1 is 1.22 bits per heavy atom. The van der Waals surface area contributed by atoms with Crippen molar-refractivity contribution in [3.05, 3.63) is 34.9 Å². The van der Waals surface area contributed by atoms with Gasteiger partial charge in [0.25, 0.3) is 0 Å². The van der Waals surface area contributed by atoms with Gasteiger partial charge in [0.2, 0.25) is 0 Å². The van der Waals surface area contributed by atoms with Crippen LogP contribution >= 0.6 is 0 Å². The van der Waals surface area contributed by atoms with Crippen LogP contribution in [0.4, 0.5) is 0 Å². The minimum Gasteiger partial charge on any atom is -0.384 e. The molecule has 0 aromatic heterocycles. The molecule has 0 heterocycles. The molecular weight excluding hydrogens is 222 g/mol. The van der Waals surface area contributed by atoms with Crippen LogP contribution in [0.5, 0.6) is 0 Å². The summed E-state index contributed by atoms with van der Waals surface area (Å²) in [5.41, 5.74) is 2.94. The van der Waals surface area contributed by atoms with Crippen molar-refractivity contribution >= 4 is 0 Å². The maximum atomic E-state index is 11.1. The highest BCUT2D eigenvalue weighted by atomic mass is 16.3. The Morgan fingerprint density at radius 2 is 1.94 bits per heavy atom. The first-order chi connectivity index (χ1) is 8.59. The summed E-state index contributed by atoms with van der Waals surface area (Å²) in [5, 5.41) is 14.7. The number of aliphatic hydroxyl groups is 1. The van der Waals surface area contributed by atoms with Gasteiger partial charge in [-0.3, -0.25) is 0 Å². The quantitative estimate of drug-likeness (QED) is 0.836. The zero-order chi connectivity index (χ0) is 12.8. The van der Waals surface area contributed by atoms with Gasteiger partial charge >= 0.3 is 0 Å². The van der Waals surface area contributed by atoms with E-state index in [1.807, 2.05) is 0 Å². The van der Waals surface area contributed by atoms with Crippen molar-refractivity contribution in [2.45, 2.75) is 51.2 Å². The molecule has 2 fully saturated rings. The third-order valence-electron chi connectivity index (χ3n) is 4.35. The Morgan fingerprint density at radius 3 is 2.56 bits per heavy atom. The summed E-state index contributed by atoms with van der Waals surface area (Å²) >= 11 is 0. The lowest BCUT2D eigenvalue weighted by atomic mass is 9.85. The van der Waals surface area contributed by atoms with Crippen LogP contribution < -0.4 is 5.32 Å². The molecular formula is C16H23NO. The van der Waals surface area contributed by atoms with E-state index in [2.05, 4.69) is 37.4 Å². The van der Waals surface area contributed by atoms with Gasteiger partial charge in [0, 0.05) is 12.6 Å². The fraction of sp³-hybridized carbons (Fsp3) is 0.625. The lowest BCUT2D eigenvalue weighted by Crippen LogP contribution is -2.41. The molecule has 2 aliphatic rings. The Hall–Kier alpha value is -0.860. The molecule has 18 heavy (non-hydrogen) atoms. The number of rotatable bonds is 5. The molecule has 0 spiro atoms. The zero-order valence-electron chi connectivity index (χ0n) is 11.4. The van der Waals surface area contributed by atoms with Crippen molar-refractivity contribution in [3.8, 4) is 0 Å². The average molecular weight is 245 g/mol. The first kappa shape index (κ1) is 12.2. The molecule has 3 rings (SSSR count). The van der Waals surface area contributed by atoms with E-state index < -0.39 is 5.60 Å². The Kier molecular flexibility index (Phi) is 2.95. The highest BCUT2D eigenvalue weighted by Crippen LogP contribution is 2.46. The molecule has 1 unspecified atom stereocenters. The van der Waals surface area contributed by atoms with E-state index in [0.717, 1.165) is 18.4 Å². The average Bonchev–Trinajstić information content (AvgIpc) is 3.20. The summed E-state index contributed by atoms with van der Waals surface area (Å²) in [5.74, 6) is 0.448. The van der Waals surface area contributed by atoms with E-state index >= 15 is 0 Å². The lowest BCUT2D eigenvalue weighted by Gasteiger charge is -2.31. The summed E-state index contributed by atoms with van der Waals surface area (Å²) in [6, 6.07) is 7.08. The van der Waals surface area contributed by atoms with E-state index in [1.54, 1.807) is 0 Å². The molecule has 98 valence electrons. The van der Waals surface area contributed by atoms with Crippen molar-refractivity contribution in [3.63, 3.8) is 0 Å². The summed E-state index contributed by atoms with van der Waals surface area (Å²) in [6.07, 6.45) is 4.87. The molecule has 2 nitrogen and oxygen atoms in total. The van der Waals surface area contributed by atoms with Gasteiger partial charge in [0.05, 0.1) is 0 Å². The first-order valence-electron chi connectivity index (χ1n) is 7.13. The van der Waals surface area contributed by atoms with Crippen molar-refractivity contribution < 1.29 is 5.11 Å². The molecule has 2 aliphatic carbocycles. The van der Waals surface area contributed by atoms with Crippen LogP contribution in [0.2, 0.25) is 0 Å². The van der Waals surface area contributed by atoms with E-state index in [1.165, 1.54) is 24.0 Å². The van der Waals surface area contributed by atoms with E-state index in [4.69, 9.17) is 0 Å². The molecule has 0 bridgehead atoms. The summed E-state index contributed by atoms with van der Waals surface area (Å²) in [7, 11) is 0. The topological polar surface area (TPSA) is 32.3 Å². The van der Waals surface area contributed by atoms with Crippen LogP contribution in [0.25, 0.3) is 0 Å². The van der Waals surface area contributed by atoms with Crippen LogP contribution in [-0.2, 0) is 5.60 Å². The van der Waals surface area contributed by atoms with Crippen LogP contribution in [-0.4, -0.2) is 17.7 Å². The third-order valence-corrected chi connectivity index (χ3v) is 4.35. The SMILES string of the molecule is Cc1ccc(C)c(C(O)(CNC2CC2)C2CC2)c1. The van der Waals surface area contributed by atoms with Crippen molar-refractivity contribution in [1.82, 2.24) is 5.32 Å². The summed E-state index contributed by atoms with van der Waals surface area (Å²) in [6.45, 7) is 4.93. The third kappa shape index (κ3) is 2.32. The zero-order valence-corrected chi connectivity index (χ0v) is 11.4. The highest BCUT2D eigenvalue weighted by molar-refractivity contribution is 5.37. The predicted octanol–water partition coefficient (Wildman–Crippen LogP) is 2.65. The van der Waals surface area contributed by atoms with Gasteiger partial charge in [-0.2, -0.15) is 0 Å². The fourth-order valence-electron chi connectivity index (χ4n) is 2.81. The summed E-state index contributed by atoms with van der Waals surface area (Å²) < 4.78 is 0. The standard InChI is InChI=1S/C16H23NO/c1-11-3-4-12(2)15(9-11)16(18,13-5-6-13)10-17-14-7-8-14/h3-4,9,13-14,17-18H,5-8,10H2,1-2H3. The number of hydrogen-bond acceptors (Lipinski definition) is 2. The molecule has 2 N–H and O–H groups in total. The second-order valence-corrected chi connectivity index (χ2v) is 6.17. The van der Waals surface area contributed by atoms with Crippen LogP contribution in [0.3, 0.4) is 0 Å². The first-order valence-corrected chi connectivity index (χ1v) is 7.13. The lowest BCUT2D eigenvalue weighted by molar-refractivity contribution is 0.0125. The van der Waals surface area contributed by atoms with Crippen LogP contribution in [0, 0.1) is 19.8 Å². The molecule has 1 aromatic carbocycles. The van der Waals surface area contributed by atoms with Gasteiger partial charge in [-0.15, -0.1) is 0 Å². The van der Waals surface area contributed by atoms with Crippen molar-refractivity contribution in [2.24, 2.45) is 5.92 Å². The van der Waals surface area contributed by atoms with E-state index in [-0.39, 0.29) is 0 Å². The van der Waals surface area contributed by atoms with Gasteiger partial charge in [-0.25, -0.2) is 0 Å². The second-order valence-electron chi connectivity index (χ2n) is 6.17. The molecule has 0 radical (unpaired) electrons. The van der Waals surface area contributed by atoms with Crippen LogP contribution in [0.15, 0.2) is 18.2 Å². The maximum Gasteiger partial charge on any atom is 0.105 e. The van der Waals surface area contributed by atoms with Gasteiger partial charge in [0.15, 0.2) is 0 Å². The monoisotopic (exact) mass is 245 g/mol. The Labute approximate surface area is 109 Å². The predicted molar refractivity (Wildman–Crippen MR) is 73.6 cm³/mol. The largest absolute Gasteiger partial charge is 0.384 e. The molecule has 2 heteroatoms. The van der Waals surface area contributed by atoms with Crippen LogP contribution in [0.1, 0.15) is 42.4 Å². The molecule has 2 saturated carbocycles. The van der Waals surface area contributed by atoms with Gasteiger partial charge < -0.3 is 10.4 Å². The maximum absolute atomic E-state index is 11.1. The number of hydrogen-bond donors (Lipinski definition) is 2. The van der Waals surface area contributed by atoms with Crippen molar-refractivity contribution in [1.29, 1.82) is 0 Å². The second kappa shape index (κ2) is 4.36. The van der Waals surface area contributed by atoms with Gasteiger partial charge in [-0.05, 0) is 56.6 Å². The normalized spacial score (nSPS) is 22.8. The molecule has 0 aliphatic heterocycles. The minimum absolute atomic E-state index is 0.448. The number of benzene rings is 1. The van der Waals surface area contributed by atoms with Gasteiger partial charge in [-0.1, -0.05) is 23.8 Å². The van der Waals surface area contributed by atoms with E-state index in [0.29, 0.717) is 18.5 Å². The van der Waals surface area contributed by atoms with E-state index in [9.17, 15) is 5.11 Å². The smallest absolute Gasteiger partial charge is 0.105 e. The highest BCUT2D eigenvalue weighted by Gasteiger charge is 2.46. The molecule has 1 atom stereocenters. The fourth-order valence-corrected chi connectivity index (χ4v) is 2.81. The Balaban J connectivity index is 1.88. The summed E-state index contributed by atoms with van der Waals surface area (Å²) in [4.78, 5) is 0. The molecule has 1 aromatic rings. The Bertz CT molecular complexity index is 448. The molecule has 0 amide bonds. The van der Waals surface area contributed by atoms with Crippen molar-refractivity contribution in [2.75, 3.05) is 6.54 Å². The number of nitrogens with one attached hydrogen (secondary N) is 1.